The van der Waals surface area contributed by atoms with E-state index in [9.17, 15) is 0 Å². The molecule has 0 radical (unpaired) electrons. The molecule has 1 aliphatic rings. The zero-order valence-electron chi connectivity index (χ0n) is 9.30. The summed E-state index contributed by atoms with van der Waals surface area (Å²) < 4.78 is 0. The second-order valence-electron chi connectivity index (χ2n) is 5.10. The van der Waals surface area contributed by atoms with Crippen molar-refractivity contribution in [3.63, 3.8) is 0 Å². The van der Waals surface area contributed by atoms with Gasteiger partial charge in [-0.3, -0.25) is 4.90 Å². The molecule has 0 spiro atoms. The largest absolute Gasteiger partial charge is 0.296 e. The van der Waals surface area contributed by atoms with Crippen LogP contribution in [0.3, 0.4) is 0 Å². The van der Waals surface area contributed by atoms with Crippen molar-refractivity contribution in [3.05, 3.63) is 0 Å². The fraction of sp³-hybridized carbons (Fsp3) is 0.833. The minimum absolute atomic E-state index is 0.291. The van der Waals surface area contributed by atoms with Gasteiger partial charge < -0.3 is 0 Å². The van der Waals surface area contributed by atoms with Crippen LogP contribution in [0.5, 0.6) is 0 Å². The zero-order valence-corrected chi connectivity index (χ0v) is 9.30. The third-order valence-electron chi connectivity index (χ3n) is 2.97. The highest BCUT2D eigenvalue weighted by Crippen LogP contribution is 2.28. The highest BCUT2D eigenvalue weighted by Gasteiger charge is 2.31. The average Bonchev–Trinajstić information content (AvgIpc) is 2.01. The van der Waals surface area contributed by atoms with Gasteiger partial charge in [0.25, 0.3) is 0 Å². The maximum atomic E-state index is 5.45. The Morgan fingerprint density at radius 2 is 2.00 bits per heavy atom. The summed E-state index contributed by atoms with van der Waals surface area (Å²) in [6.45, 7) is 10.3. The first-order valence-electron chi connectivity index (χ1n) is 5.18. The number of rotatable bonds is 0. The molecule has 1 heterocycles. The van der Waals surface area contributed by atoms with Gasteiger partial charge in [0.1, 0.15) is 0 Å². The van der Waals surface area contributed by atoms with Gasteiger partial charge in [-0.2, -0.15) is 0 Å². The van der Waals surface area contributed by atoms with Crippen LogP contribution in [-0.2, 0) is 0 Å². The highest BCUT2D eigenvalue weighted by molar-refractivity contribution is 4.99. The lowest BCUT2D eigenvalue weighted by molar-refractivity contribution is 0.0493. The van der Waals surface area contributed by atoms with Gasteiger partial charge in [-0.05, 0) is 40.5 Å². The molecule has 1 aliphatic heterocycles. The molecule has 0 aromatic carbocycles. The number of piperidine rings is 1. The van der Waals surface area contributed by atoms with Crippen LogP contribution in [0.1, 0.15) is 40.5 Å². The van der Waals surface area contributed by atoms with E-state index in [2.05, 4.69) is 38.5 Å². The maximum Gasteiger partial charge on any atom is 0.0227 e. The molecule has 13 heavy (non-hydrogen) atoms. The SMILES string of the molecule is C#CC1CCN(C(C)(C)C)[C@@H](C)C1. The second kappa shape index (κ2) is 3.72. The molecule has 0 aromatic heterocycles. The summed E-state index contributed by atoms with van der Waals surface area (Å²) in [4.78, 5) is 2.56. The average molecular weight is 179 g/mol. The topological polar surface area (TPSA) is 3.24 Å². The van der Waals surface area contributed by atoms with Crippen LogP contribution in [0.4, 0.5) is 0 Å². The summed E-state index contributed by atoms with van der Waals surface area (Å²) in [5, 5.41) is 0. The fourth-order valence-corrected chi connectivity index (χ4v) is 2.32. The van der Waals surface area contributed by atoms with Crippen LogP contribution in [-0.4, -0.2) is 23.0 Å². The predicted molar refractivity (Wildman–Crippen MR) is 57.5 cm³/mol. The second-order valence-corrected chi connectivity index (χ2v) is 5.10. The Kier molecular flexibility index (Phi) is 3.03. The highest BCUT2D eigenvalue weighted by atomic mass is 15.2. The third kappa shape index (κ3) is 2.48. The lowest BCUT2D eigenvalue weighted by Crippen LogP contribution is -2.50. The molecule has 1 heteroatoms. The van der Waals surface area contributed by atoms with Crippen LogP contribution in [0.2, 0.25) is 0 Å². The molecule has 0 aromatic rings. The van der Waals surface area contributed by atoms with Crippen molar-refractivity contribution in [1.82, 2.24) is 4.90 Å². The van der Waals surface area contributed by atoms with Gasteiger partial charge in [0, 0.05) is 24.0 Å². The zero-order chi connectivity index (χ0) is 10.1. The van der Waals surface area contributed by atoms with E-state index in [1.54, 1.807) is 0 Å². The Bertz CT molecular complexity index is 206. The normalized spacial score (nSPS) is 31.3. The summed E-state index contributed by atoms with van der Waals surface area (Å²) >= 11 is 0. The van der Waals surface area contributed by atoms with Crippen LogP contribution in [0.15, 0.2) is 0 Å². The minimum Gasteiger partial charge on any atom is -0.296 e. The maximum absolute atomic E-state index is 5.45. The summed E-state index contributed by atoms with van der Waals surface area (Å²) in [5.74, 6) is 3.39. The molecule has 2 atom stereocenters. The van der Waals surface area contributed by atoms with Crippen molar-refractivity contribution in [2.24, 2.45) is 5.92 Å². The monoisotopic (exact) mass is 179 g/mol. The molecule has 74 valence electrons. The molecule has 0 saturated carbocycles. The number of likely N-dealkylation sites (tertiary alicyclic amines) is 1. The van der Waals surface area contributed by atoms with E-state index in [0.717, 1.165) is 19.4 Å². The minimum atomic E-state index is 0.291. The summed E-state index contributed by atoms with van der Waals surface area (Å²) in [7, 11) is 0. The van der Waals surface area contributed by atoms with Crippen molar-refractivity contribution in [3.8, 4) is 12.3 Å². The standard InChI is InChI=1S/C12H21N/c1-6-11-7-8-13(10(2)9-11)12(3,4)5/h1,10-11H,7-9H2,2-5H3/t10-,11?/m0/s1. The molecule has 1 nitrogen and oxygen atoms in total. The van der Waals surface area contributed by atoms with E-state index >= 15 is 0 Å². The first kappa shape index (κ1) is 10.6. The summed E-state index contributed by atoms with van der Waals surface area (Å²) in [6, 6.07) is 0.634. The Morgan fingerprint density at radius 1 is 1.38 bits per heavy atom. The molecule has 0 bridgehead atoms. The van der Waals surface area contributed by atoms with Crippen molar-refractivity contribution < 1.29 is 0 Å². The number of nitrogens with zero attached hydrogens (tertiary/aromatic N) is 1. The Morgan fingerprint density at radius 3 is 2.38 bits per heavy atom. The summed E-state index contributed by atoms with van der Waals surface area (Å²) in [6.07, 6.45) is 7.78. The van der Waals surface area contributed by atoms with Crippen LogP contribution >= 0.6 is 0 Å². The molecule has 0 N–H and O–H groups in total. The van der Waals surface area contributed by atoms with E-state index in [4.69, 9.17) is 6.42 Å². The molecular weight excluding hydrogens is 158 g/mol. The van der Waals surface area contributed by atoms with Gasteiger partial charge >= 0.3 is 0 Å². The van der Waals surface area contributed by atoms with E-state index in [1.807, 2.05) is 0 Å². The molecule has 1 saturated heterocycles. The van der Waals surface area contributed by atoms with Gasteiger partial charge in [0.05, 0.1) is 0 Å². The number of hydrogen-bond donors (Lipinski definition) is 0. The Hall–Kier alpha value is -0.480. The van der Waals surface area contributed by atoms with Crippen LogP contribution in [0, 0.1) is 18.3 Å². The van der Waals surface area contributed by atoms with Crippen molar-refractivity contribution >= 4 is 0 Å². The Balaban J connectivity index is 2.60. The van der Waals surface area contributed by atoms with Gasteiger partial charge in [0.2, 0.25) is 0 Å². The van der Waals surface area contributed by atoms with E-state index in [-0.39, 0.29) is 0 Å². The van der Waals surface area contributed by atoms with Crippen molar-refractivity contribution in [2.45, 2.75) is 52.1 Å². The fourth-order valence-electron chi connectivity index (χ4n) is 2.32. The van der Waals surface area contributed by atoms with Gasteiger partial charge in [0.15, 0.2) is 0 Å². The lowest BCUT2D eigenvalue weighted by Gasteiger charge is -2.44. The van der Waals surface area contributed by atoms with Gasteiger partial charge in [-0.15, -0.1) is 12.3 Å². The smallest absolute Gasteiger partial charge is 0.0227 e. The van der Waals surface area contributed by atoms with Crippen LogP contribution < -0.4 is 0 Å². The van der Waals surface area contributed by atoms with E-state index in [1.165, 1.54) is 0 Å². The summed E-state index contributed by atoms with van der Waals surface area (Å²) in [5.41, 5.74) is 0.291. The molecule has 1 rings (SSSR count). The first-order chi connectivity index (χ1) is 5.95. The number of terminal acetylenes is 1. The first-order valence-corrected chi connectivity index (χ1v) is 5.18. The molecule has 0 amide bonds. The lowest BCUT2D eigenvalue weighted by atomic mass is 9.89. The van der Waals surface area contributed by atoms with Crippen molar-refractivity contribution in [1.29, 1.82) is 0 Å². The molecular formula is C12H21N. The third-order valence-corrected chi connectivity index (χ3v) is 2.97. The van der Waals surface area contributed by atoms with Gasteiger partial charge in [-0.1, -0.05) is 0 Å². The molecule has 1 unspecified atom stereocenters. The van der Waals surface area contributed by atoms with E-state index < -0.39 is 0 Å². The predicted octanol–water partition coefficient (Wildman–Crippen LogP) is 2.52. The Labute approximate surface area is 82.5 Å². The van der Waals surface area contributed by atoms with Crippen molar-refractivity contribution in [2.75, 3.05) is 6.54 Å². The molecule has 0 aliphatic carbocycles. The van der Waals surface area contributed by atoms with E-state index in [0.29, 0.717) is 17.5 Å². The van der Waals surface area contributed by atoms with Crippen LogP contribution in [0.25, 0.3) is 0 Å². The number of hydrogen-bond acceptors (Lipinski definition) is 1. The van der Waals surface area contributed by atoms with Gasteiger partial charge in [-0.25, -0.2) is 0 Å². The quantitative estimate of drug-likeness (QED) is 0.516. The molecule has 1 fully saturated rings.